The Morgan fingerprint density at radius 2 is 2.00 bits per heavy atom. The van der Waals surface area contributed by atoms with Crippen LogP contribution in [0.1, 0.15) is 18.3 Å². The van der Waals surface area contributed by atoms with E-state index >= 15 is 0 Å². The van der Waals surface area contributed by atoms with Crippen molar-refractivity contribution in [2.75, 3.05) is 0 Å². The van der Waals surface area contributed by atoms with E-state index in [0.29, 0.717) is 12.2 Å². The highest BCUT2D eigenvalue weighted by Gasteiger charge is 2.12. The molecule has 2 rings (SSSR count). The van der Waals surface area contributed by atoms with E-state index in [1.165, 1.54) is 6.07 Å². The monoisotopic (exact) mass is 261 g/mol. The molecular formula is C14H16FN3O. The lowest BCUT2D eigenvalue weighted by atomic mass is 10.1. The first-order chi connectivity index (χ1) is 9.16. The van der Waals surface area contributed by atoms with Crippen LogP contribution in [-0.2, 0) is 13.0 Å². The quantitative estimate of drug-likeness (QED) is 0.895. The maximum atomic E-state index is 13.8. The lowest BCUT2D eigenvalue weighted by Crippen LogP contribution is -2.18. The predicted molar refractivity (Wildman–Crippen MR) is 70.1 cm³/mol. The van der Waals surface area contributed by atoms with Crippen molar-refractivity contribution in [2.45, 2.75) is 26.0 Å². The molecule has 0 spiro atoms. The van der Waals surface area contributed by atoms with Crippen molar-refractivity contribution in [3.63, 3.8) is 0 Å². The largest absolute Gasteiger partial charge is 0.482 e. The van der Waals surface area contributed by atoms with Crippen LogP contribution in [0.4, 0.5) is 4.39 Å². The molecule has 0 aliphatic rings. The molecule has 100 valence electrons. The summed E-state index contributed by atoms with van der Waals surface area (Å²) in [4.78, 5) is 8.06. The molecule has 0 fully saturated rings. The first-order valence-corrected chi connectivity index (χ1v) is 6.08. The molecule has 1 heterocycles. The molecule has 1 atom stereocenters. The highest BCUT2D eigenvalue weighted by Crippen LogP contribution is 2.24. The SMILES string of the molecule is CC(N)Cc1cccc(F)c1OCc1ncccn1. The lowest BCUT2D eigenvalue weighted by Gasteiger charge is -2.13. The molecule has 0 amide bonds. The molecular weight excluding hydrogens is 245 g/mol. The molecule has 2 aromatic rings. The second-order valence-electron chi connectivity index (χ2n) is 4.36. The predicted octanol–water partition coefficient (Wildman–Crippen LogP) is 2.08. The summed E-state index contributed by atoms with van der Waals surface area (Å²) >= 11 is 0. The number of hydrogen-bond donors (Lipinski definition) is 1. The van der Waals surface area contributed by atoms with E-state index in [2.05, 4.69) is 9.97 Å². The standard InChI is InChI=1S/C14H16FN3O/c1-10(16)8-11-4-2-5-12(15)14(11)19-9-13-17-6-3-7-18-13/h2-7,10H,8-9,16H2,1H3. The van der Waals surface area contributed by atoms with Crippen LogP contribution in [0.15, 0.2) is 36.7 Å². The fourth-order valence-electron chi connectivity index (χ4n) is 1.76. The Morgan fingerprint density at radius 1 is 1.26 bits per heavy atom. The Hall–Kier alpha value is -2.01. The zero-order valence-corrected chi connectivity index (χ0v) is 10.7. The molecule has 1 unspecified atom stereocenters. The number of benzene rings is 1. The second kappa shape index (κ2) is 6.24. The molecule has 1 aromatic carbocycles. The van der Waals surface area contributed by atoms with E-state index in [9.17, 15) is 4.39 Å². The third-order valence-electron chi connectivity index (χ3n) is 2.56. The molecule has 5 heteroatoms. The van der Waals surface area contributed by atoms with Crippen molar-refractivity contribution in [2.24, 2.45) is 5.73 Å². The summed E-state index contributed by atoms with van der Waals surface area (Å²) < 4.78 is 19.3. The number of halogens is 1. The minimum Gasteiger partial charge on any atom is -0.482 e. The van der Waals surface area contributed by atoms with E-state index in [1.807, 2.05) is 13.0 Å². The van der Waals surface area contributed by atoms with Gasteiger partial charge < -0.3 is 10.5 Å². The minimum atomic E-state index is -0.394. The van der Waals surface area contributed by atoms with Crippen LogP contribution in [0.3, 0.4) is 0 Å². The number of para-hydroxylation sites is 1. The zero-order valence-electron chi connectivity index (χ0n) is 10.7. The normalized spacial score (nSPS) is 12.2. The molecule has 0 aliphatic heterocycles. The molecule has 0 aliphatic carbocycles. The average Bonchev–Trinajstić information content (AvgIpc) is 2.38. The summed E-state index contributed by atoms with van der Waals surface area (Å²) in [6, 6.07) is 6.49. The summed E-state index contributed by atoms with van der Waals surface area (Å²) in [6.07, 6.45) is 3.80. The fourth-order valence-corrected chi connectivity index (χ4v) is 1.76. The van der Waals surface area contributed by atoms with Gasteiger partial charge in [0.05, 0.1) is 0 Å². The molecule has 0 saturated carbocycles. The van der Waals surface area contributed by atoms with E-state index < -0.39 is 5.82 Å². The summed E-state index contributed by atoms with van der Waals surface area (Å²) in [5.41, 5.74) is 6.50. The Balaban J connectivity index is 2.14. The fraction of sp³-hybridized carbons (Fsp3) is 0.286. The number of rotatable bonds is 5. The van der Waals surface area contributed by atoms with E-state index in [4.69, 9.17) is 10.5 Å². The van der Waals surface area contributed by atoms with Gasteiger partial charge in [0.1, 0.15) is 6.61 Å². The van der Waals surface area contributed by atoms with E-state index in [1.54, 1.807) is 24.5 Å². The molecule has 4 nitrogen and oxygen atoms in total. The molecule has 0 bridgehead atoms. The minimum absolute atomic E-state index is 0.0582. The smallest absolute Gasteiger partial charge is 0.166 e. The van der Waals surface area contributed by atoms with Crippen molar-refractivity contribution >= 4 is 0 Å². The van der Waals surface area contributed by atoms with Gasteiger partial charge in [0, 0.05) is 18.4 Å². The summed E-state index contributed by atoms with van der Waals surface area (Å²) in [5.74, 6) is 0.346. The van der Waals surface area contributed by atoms with Gasteiger partial charge in [-0.3, -0.25) is 0 Å². The first-order valence-electron chi connectivity index (χ1n) is 6.08. The van der Waals surface area contributed by atoms with Crippen molar-refractivity contribution in [1.82, 2.24) is 9.97 Å². The molecule has 19 heavy (non-hydrogen) atoms. The topological polar surface area (TPSA) is 61.0 Å². The van der Waals surface area contributed by atoms with Crippen molar-refractivity contribution in [3.8, 4) is 5.75 Å². The van der Waals surface area contributed by atoms with E-state index in [-0.39, 0.29) is 18.4 Å². The lowest BCUT2D eigenvalue weighted by molar-refractivity contribution is 0.277. The Bertz CT molecular complexity index is 531. The zero-order chi connectivity index (χ0) is 13.7. The number of hydrogen-bond acceptors (Lipinski definition) is 4. The van der Waals surface area contributed by atoms with Crippen LogP contribution in [-0.4, -0.2) is 16.0 Å². The molecule has 1 aromatic heterocycles. The van der Waals surface area contributed by atoms with Gasteiger partial charge >= 0.3 is 0 Å². The summed E-state index contributed by atoms with van der Waals surface area (Å²) in [6.45, 7) is 2.00. The van der Waals surface area contributed by atoms with Gasteiger partial charge in [-0.15, -0.1) is 0 Å². The summed E-state index contributed by atoms with van der Waals surface area (Å²) in [7, 11) is 0. The Morgan fingerprint density at radius 3 is 2.68 bits per heavy atom. The van der Waals surface area contributed by atoms with Gasteiger partial charge in [-0.05, 0) is 31.0 Å². The van der Waals surface area contributed by atoms with Crippen molar-refractivity contribution in [3.05, 3.63) is 53.9 Å². The van der Waals surface area contributed by atoms with Crippen molar-refractivity contribution in [1.29, 1.82) is 0 Å². The molecule has 0 radical (unpaired) electrons. The number of ether oxygens (including phenoxy) is 1. The molecule has 0 saturated heterocycles. The highest BCUT2D eigenvalue weighted by molar-refractivity contribution is 5.35. The number of aromatic nitrogens is 2. The number of nitrogens with zero attached hydrogens (tertiary/aromatic N) is 2. The van der Waals surface area contributed by atoms with Crippen LogP contribution in [0.5, 0.6) is 5.75 Å². The average molecular weight is 261 g/mol. The Kier molecular flexibility index (Phi) is 4.41. The Labute approximate surface area is 111 Å². The summed E-state index contributed by atoms with van der Waals surface area (Å²) in [5, 5.41) is 0. The second-order valence-corrected chi connectivity index (χ2v) is 4.36. The van der Waals surface area contributed by atoms with Gasteiger partial charge in [0.15, 0.2) is 17.4 Å². The van der Waals surface area contributed by atoms with Crippen LogP contribution >= 0.6 is 0 Å². The third-order valence-corrected chi connectivity index (χ3v) is 2.56. The number of nitrogens with two attached hydrogens (primary N) is 1. The van der Waals surface area contributed by atoms with Crippen LogP contribution in [0, 0.1) is 5.82 Å². The first kappa shape index (κ1) is 13.4. The third kappa shape index (κ3) is 3.72. The van der Waals surface area contributed by atoms with Gasteiger partial charge in [-0.25, -0.2) is 14.4 Å². The van der Waals surface area contributed by atoms with Crippen LogP contribution in [0.25, 0.3) is 0 Å². The molecule has 2 N–H and O–H groups in total. The van der Waals surface area contributed by atoms with Crippen LogP contribution in [0.2, 0.25) is 0 Å². The van der Waals surface area contributed by atoms with Gasteiger partial charge in [-0.1, -0.05) is 12.1 Å². The highest BCUT2D eigenvalue weighted by atomic mass is 19.1. The van der Waals surface area contributed by atoms with Gasteiger partial charge in [0.25, 0.3) is 0 Å². The van der Waals surface area contributed by atoms with Gasteiger partial charge in [-0.2, -0.15) is 0 Å². The van der Waals surface area contributed by atoms with Crippen molar-refractivity contribution < 1.29 is 9.13 Å². The van der Waals surface area contributed by atoms with Gasteiger partial charge in [0.2, 0.25) is 0 Å². The van der Waals surface area contributed by atoms with Crippen LogP contribution < -0.4 is 10.5 Å². The maximum Gasteiger partial charge on any atom is 0.166 e. The maximum absolute atomic E-state index is 13.8. The van der Waals surface area contributed by atoms with E-state index in [0.717, 1.165) is 5.56 Å².